The third-order valence-electron chi connectivity index (χ3n) is 5.59. The number of ether oxygens (including phenoxy) is 1. The van der Waals surface area contributed by atoms with E-state index in [9.17, 15) is 17.6 Å². The largest absolute Gasteiger partial charge is 0.444 e. The van der Waals surface area contributed by atoms with Gasteiger partial charge in [-0.1, -0.05) is 23.7 Å². The standard InChI is InChI=1S/C27H28ClFN4O4S/c1-17-9-10-23(22(28)11-17)31-25-13-24-21(14-30-25)18(15-32(5)26(34)37-27(2,3)4)16-33(24)38(35,36)20-8-6-7-19(29)12-20/h6-14,16H,15H2,1-5H3,(H,30,31). The molecule has 0 atom stereocenters. The average molecular weight is 559 g/mol. The molecule has 2 heterocycles. The number of pyridine rings is 1. The molecule has 8 nitrogen and oxygen atoms in total. The van der Waals surface area contributed by atoms with Crippen LogP contribution in [0.2, 0.25) is 5.02 Å². The first-order valence-electron chi connectivity index (χ1n) is 11.7. The summed E-state index contributed by atoms with van der Waals surface area (Å²) in [4.78, 5) is 18.2. The molecule has 11 heteroatoms. The normalized spacial score (nSPS) is 12.0. The van der Waals surface area contributed by atoms with Crippen LogP contribution in [0.5, 0.6) is 0 Å². The second-order valence-electron chi connectivity index (χ2n) is 9.94. The maximum Gasteiger partial charge on any atom is 0.410 e. The van der Waals surface area contributed by atoms with Gasteiger partial charge in [-0.2, -0.15) is 0 Å². The lowest BCUT2D eigenvalue weighted by Gasteiger charge is -2.24. The summed E-state index contributed by atoms with van der Waals surface area (Å²) in [7, 11) is -2.64. The summed E-state index contributed by atoms with van der Waals surface area (Å²) in [5, 5.41) is 4.10. The van der Waals surface area contributed by atoms with Gasteiger partial charge in [0, 0.05) is 30.9 Å². The number of carbonyl (C=O) groups excluding carboxylic acids is 1. The Kier molecular flexibility index (Phi) is 7.40. The summed E-state index contributed by atoms with van der Waals surface area (Å²) < 4.78 is 47.7. The Morgan fingerprint density at radius 3 is 2.58 bits per heavy atom. The molecule has 0 bridgehead atoms. The third kappa shape index (κ3) is 5.92. The number of hydrogen-bond donors (Lipinski definition) is 1. The number of hydrogen-bond acceptors (Lipinski definition) is 6. The van der Waals surface area contributed by atoms with Crippen molar-refractivity contribution >= 4 is 50.1 Å². The zero-order valence-electron chi connectivity index (χ0n) is 21.6. The number of carbonyl (C=O) groups is 1. The van der Waals surface area contributed by atoms with E-state index in [2.05, 4.69) is 10.3 Å². The number of nitrogens with one attached hydrogen (secondary N) is 1. The molecule has 1 N–H and O–H groups in total. The molecule has 0 aliphatic carbocycles. The van der Waals surface area contributed by atoms with Gasteiger partial charge < -0.3 is 15.0 Å². The highest BCUT2D eigenvalue weighted by Crippen LogP contribution is 2.31. The number of nitrogens with zero attached hydrogens (tertiary/aromatic N) is 3. The molecule has 0 saturated carbocycles. The molecule has 0 unspecified atom stereocenters. The minimum Gasteiger partial charge on any atom is -0.444 e. The SMILES string of the molecule is Cc1ccc(Nc2cc3c(cn2)c(CN(C)C(=O)OC(C)(C)C)cn3S(=O)(=O)c2cccc(F)c2)c(Cl)c1. The van der Waals surface area contributed by atoms with Gasteiger partial charge in [0.2, 0.25) is 0 Å². The summed E-state index contributed by atoms with van der Waals surface area (Å²) in [6.45, 7) is 7.24. The molecule has 0 fully saturated rings. The van der Waals surface area contributed by atoms with E-state index >= 15 is 0 Å². The van der Waals surface area contributed by atoms with Crippen molar-refractivity contribution in [2.24, 2.45) is 0 Å². The van der Waals surface area contributed by atoms with E-state index in [1.165, 1.54) is 35.5 Å². The molecule has 200 valence electrons. The number of rotatable bonds is 6. The first-order chi connectivity index (χ1) is 17.7. The number of fused-ring (bicyclic) bond motifs is 1. The van der Waals surface area contributed by atoms with E-state index in [1.807, 2.05) is 13.0 Å². The van der Waals surface area contributed by atoms with Crippen molar-refractivity contribution in [2.45, 2.75) is 44.7 Å². The predicted octanol–water partition coefficient (Wildman–Crippen LogP) is 6.48. The average Bonchev–Trinajstić information content (AvgIpc) is 3.18. The van der Waals surface area contributed by atoms with Crippen LogP contribution in [0.3, 0.4) is 0 Å². The molecule has 0 saturated heterocycles. The molecule has 4 rings (SSSR count). The van der Waals surface area contributed by atoms with Crippen LogP contribution in [0.4, 0.5) is 20.7 Å². The van der Waals surface area contributed by atoms with Gasteiger partial charge in [-0.25, -0.2) is 26.6 Å². The van der Waals surface area contributed by atoms with Crippen molar-refractivity contribution in [3.8, 4) is 0 Å². The summed E-state index contributed by atoms with van der Waals surface area (Å²) in [6.07, 6.45) is 2.37. The van der Waals surface area contributed by atoms with E-state index in [4.69, 9.17) is 16.3 Å². The van der Waals surface area contributed by atoms with Crippen molar-refractivity contribution in [3.63, 3.8) is 0 Å². The summed E-state index contributed by atoms with van der Waals surface area (Å²) >= 11 is 6.36. The van der Waals surface area contributed by atoms with Crippen LogP contribution in [0.25, 0.3) is 10.9 Å². The van der Waals surface area contributed by atoms with Crippen molar-refractivity contribution in [1.82, 2.24) is 13.9 Å². The first kappa shape index (κ1) is 27.4. The van der Waals surface area contributed by atoms with Gasteiger partial charge in [-0.15, -0.1) is 0 Å². The van der Waals surface area contributed by atoms with Crippen LogP contribution in [-0.2, 0) is 21.3 Å². The Balaban J connectivity index is 1.81. The van der Waals surface area contributed by atoms with Crippen molar-refractivity contribution in [3.05, 3.63) is 82.9 Å². The summed E-state index contributed by atoms with van der Waals surface area (Å²) in [5.74, 6) is -0.324. The van der Waals surface area contributed by atoms with Crippen molar-refractivity contribution in [1.29, 1.82) is 0 Å². The molecule has 0 aliphatic rings. The van der Waals surface area contributed by atoms with Gasteiger partial charge in [-0.3, -0.25) is 0 Å². The fourth-order valence-corrected chi connectivity index (χ4v) is 5.51. The number of benzene rings is 2. The summed E-state index contributed by atoms with van der Waals surface area (Å²) in [6, 6.07) is 11.8. The Morgan fingerprint density at radius 1 is 1.18 bits per heavy atom. The highest BCUT2D eigenvalue weighted by Gasteiger charge is 2.25. The Hall–Kier alpha value is -3.63. The second kappa shape index (κ2) is 10.3. The van der Waals surface area contributed by atoms with E-state index in [0.29, 0.717) is 33.0 Å². The van der Waals surface area contributed by atoms with E-state index in [0.717, 1.165) is 15.6 Å². The monoisotopic (exact) mass is 558 g/mol. The van der Waals surface area contributed by atoms with Gasteiger partial charge in [-0.05, 0) is 69.2 Å². The highest BCUT2D eigenvalue weighted by molar-refractivity contribution is 7.90. The predicted molar refractivity (Wildman–Crippen MR) is 146 cm³/mol. The van der Waals surface area contributed by atoms with Crippen LogP contribution in [0, 0.1) is 12.7 Å². The lowest BCUT2D eigenvalue weighted by atomic mass is 10.2. The van der Waals surface area contributed by atoms with Crippen LogP contribution >= 0.6 is 11.6 Å². The van der Waals surface area contributed by atoms with E-state index < -0.39 is 27.5 Å². The van der Waals surface area contributed by atoms with E-state index in [-0.39, 0.29) is 11.4 Å². The number of anilines is 2. The molecular formula is C27H28ClFN4O4S. The molecule has 0 aliphatic heterocycles. The fourth-order valence-electron chi connectivity index (χ4n) is 3.81. The molecular weight excluding hydrogens is 531 g/mol. The second-order valence-corrected chi connectivity index (χ2v) is 12.2. The van der Waals surface area contributed by atoms with Crippen LogP contribution in [0.1, 0.15) is 31.9 Å². The number of halogens is 2. The topological polar surface area (TPSA) is 93.5 Å². The molecule has 2 aromatic heterocycles. The van der Waals surface area contributed by atoms with Crippen LogP contribution in [-0.4, -0.2) is 41.0 Å². The van der Waals surface area contributed by atoms with Crippen molar-refractivity contribution < 1.29 is 22.3 Å². The maximum absolute atomic E-state index is 13.9. The van der Waals surface area contributed by atoms with Gasteiger partial charge in [0.15, 0.2) is 0 Å². The number of aromatic nitrogens is 2. The Bertz CT molecular complexity index is 1630. The van der Waals surface area contributed by atoms with Gasteiger partial charge in [0.1, 0.15) is 17.2 Å². The highest BCUT2D eigenvalue weighted by atomic mass is 35.5. The van der Waals surface area contributed by atoms with Crippen molar-refractivity contribution in [2.75, 3.05) is 12.4 Å². The summed E-state index contributed by atoms with van der Waals surface area (Å²) in [5.41, 5.74) is 1.70. The molecule has 2 aromatic carbocycles. The first-order valence-corrected chi connectivity index (χ1v) is 13.5. The van der Waals surface area contributed by atoms with E-state index in [1.54, 1.807) is 46.0 Å². The van der Waals surface area contributed by atoms with Gasteiger partial charge in [0.25, 0.3) is 10.0 Å². The molecule has 4 aromatic rings. The molecule has 38 heavy (non-hydrogen) atoms. The number of amides is 1. The Labute approximate surface area is 226 Å². The molecule has 1 amide bonds. The lowest BCUT2D eigenvalue weighted by Crippen LogP contribution is -2.33. The smallest absolute Gasteiger partial charge is 0.410 e. The van der Waals surface area contributed by atoms with Crippen LogP contribution < -0.4 is 5.32 Å². The lowest BCUT2D eigenvalue weighted by molar-refractivity contribution is 0.0286. The molecule has 0 radical (unpaired) electrons. The quantitative estimate of drug-likeness (QED) is 0.291. The van der Waals surface area contributed by atoms with Gasteiger partial charge in [0.05, 0.1) is 27.7 Å². The zero-order valence-corrected chi connectivity index (χ0v) is 23.2. The minimum atomic E-state index is -4.20. The third-order valence-corrected chi connectivity index (χ3v) is 7.57. The Morgan fingerprint density at radius 2 is 1.92 bits per heavy atom. The van der Waals surface area contributed by atoms with Crippen LogP contribution in [0.15, 0.2) is 65.8 Å². The molecule has 0 spiro atoms. The van der Waals surface area contributed by atoms with Gasteiger partial charge >= 0.3 is 6.09 Å². The number of aryl methyl sites for hydroxylation is 1. The zero-order chi connectivity index (χ0) is 27.8. The minimum absolute atomic E-state index is 0.0509. The maximum atomic E-state index is 13.9. The fraction of sp³-hybridized carbons (Fsp3) is 0.259.